The van der Waals surface area contributed by atoms with Gasteiger partial charge in [-0.1, -0.05) is 48.5 Å². The summed E-state index contributed by atoms with van der Waals surface area (Å²) in [5.41, 5.74) is 2.20. The molecule has 3 aromatic rings. The largest absolute Gasteiger partial charge is 0.468 e. The maximum atomic E-state index is 12.7. The summed E-state index contributed by atoms with van der Waals surface area (Å²) in [5, 5.41) is 23.6. The maximum absolute atomic E-state index is 12.7. The van der Waals surface area contributed by atoms with Crippen molar-refractivity contribution < 1.29 is 19.6 Å². The number of benzene rings is 2. The number of hydrogen-bond acceptors (Lipinski definition) is 5. The Kier molecular flexibility index (Phi) is 4.16. The van der Waals surface area contributed by atoms with Gasteiger partial charge in [0.05, 0.1) is 13.0 Å². The zero-order valence-electron chi connectivity index (χ0n) is 14.5. The Morgan fingerprint density at radius 3 is 2.48 bits per heavy atom. The van der Waals surface area contributed by atoms with E-state index < -0.39 is 34.9 Å². The van der Waals surface area contributed by atoms with Crippen LogP contribution in [-0.2, 0) is 9.53 Å². The van der Waals surface area contributed by atoms with E-state index in [9.17, 15) is 20.0 Å². The van der Waals surface area contributed by atoms with Crippen LogP contribution in [0, 0.1) is 10.1 Å². The number of nitrogens with zero attached hydrogens (tertiary/aromatic N) is 1. The number of ether oxygens (including phenoxy) is 1. The fourth-order valence-electron chi connectivity index (χ4n) is 4.20. The first-order valence-corrected chi connectivity index (χ1v) is 8.59. The Morgan fingerprint density at radius 2 is 1.81 bits per heavy atom. The van der Waals surface area contributed by atoms with Crippen molar-refractivity contribution in [3.8, 4) is 0 Å². The van der Waals surface area contributed by atoms with Gasteiger partial charge in [0.2, 0.25) is 0 Å². The second-order valence-electron chi connectivity index (χ2n) is 6.66. The molecule has 4 atom stereocenters. The molecule has 1 aromatic heterocycles. The number of methoxy groups -OCH3 is 1. The highest BCUT2D eigenvalue weighted by Crippen LogP contribution is 2.50. The van der Waals surface area contributed by atoms with Gasteiger partial charge in [-0.25, -0.2) is 0 Å². The van der Waals surface area contributed by atoms with E-state index in [2.05, 4.69) is 4.98 Å². The number of esters is 1. The van der Waals surface area contributed by atoms with E-state index in [1.54, 1.807) is 42.5 Å². The number of carbonyl (C=O) groups is 1. The van der Waals surface area contributed by atoms with E-state index >= 15 is 0 Å². The maximum Gasteiger partial charge on any atom is 0.315 e. The van der Waals surface area contributed by atoms with Gasteiger partial charge in [-0.05, 0) is 11.6 Å². The van der Waals surface area contributed by atoms with Crippen molar-refractivity contribution in [1.29, 1.82) is 0 Å². The molecule has 7 heteroatoms. The summed E-state index contributed by atoms with van der Waals surface area (Å²) in [4.78, 5) is 27.4. The molecule has 0 saturated carbocycles. The lowest BCUT2D eigenvalue weighted by molar-refractivity contribution is -0.541. The summed E-state index contributed by atoms with van der Waals surface area (Å²) in [6.07, 6.45) is -1.35. The molecule has 0 unspecified atom stereocenters. The number of nitrogens with one attached hydrogen (secondary N) is 1. The average molecular weight is 366 g/mol. The predicted molar refractivity (Wildman–Crippen MR) is 98.0 cm³/mol. The number of aromatic nitrogens is 1. The van der Waals surface area contributed by atoms with Gasteiger partial charge >= 0.3 is 5.97 Å². The van der Waals surface area contributed by atoms with Gasteiger partial charge in [0, 0.05) is 27.1 Å². The number of carbonyl (C=O) groups excluding carboxylic acids is 1. The number of H-pyrrole nitrogens is 1. The van der Waals surface area contributed by atoms with Crippen LogP contribution in [0.1, 0.15) is 34.8 Å². The second-order valence-corrected chi connectivity index (χ2v) is 6.66. The van der Waals surface area contributed by atoms with Crippen LogP contribution in [0.15, 0.2) is 54.6 Å². The van der Waals surface area contributed by atoms with Crippen molar-refractivity contribution in [2.45, 2.75) is 24.0 Å². The van der Waals surface area contributed by atoms with Crippen LogP contribution in [0.3, 0.4) is 0 Å². The molecule has 0 spiro atoms. The molecular weight excluding hydrogens is 348 g/mol. The number of fused-ring (bicyclic) bond motifs is 3. The Morgan fingerprint density at radius 1 is 1.15 bits per heavy atom. The van der Waals surface area contributed by atoms with E-state index in [-0.39, 0.29) is 0 Å². The van der Waals surface area contributed by atoms with Crippen LogP contribution in [0.2, 0.25) is 0 Å². The smallest absolute Gasteiger partial charge is 0.315 e. The standard InChI is InChI=1S/C20H18N2O5/c1-27-20(24)16-14(11-7-3-2-4-8-11)18(22(25)26)19(23)15-12-9-5-6-10-13(12)21-17(15)16/h2-10,14,16,18-19,21,23H,1H3/t14-,16+,18+,19+/m1/s1. The number of nitro groups is 1. The molecule has 0 fully saturated rings. The van der Waals surface area contributed by atoms with Crippen molar-refractivity contribution in [2.75, 3.05) is 7.11 Å². The molecule has 2 N–H and O–H groups in total. The molecule has 0 radical (unpaired) electrons. The SMILES string of the molecule is COC(=O)[C@@H]1c2[nH]c3ccccc3c2[C@H](O)[C@@H]([N+](=O)[O-])[C@@H]1c1ccccc1. The van der Waals surface area contributed by atoms with Gasteiger partial charge in [-0.2, -0.15) is 0 Å². The fourth-order valence-corrected chi connectivity index (χ4v) is 4.20. The van der Waals surface area contributed by atoms with Crippen LogP contribution < -0.4 is 0 Å². The predicted octanol–water partition coefficient (Wildman–Crippen LogP) is 2.90. The highest BCUT2D eigenvalue weighted by atomic mass is 16.6. The molecule has 1 aliphatic carbocycles. The third-order valence-corrected chi connectivity index (χ3v) is 5.32. The summed E-state index contributed by atoms with van der Waals surface area (Å²) < 4.78 is 4.99. The molecule has 0 bridgehead atoms. The minimum Gasteiger partial charge on any atom is -0.468 e. The van der Waals surface area contributed by atoms with Gasteiger partial charge in [0.25, 0.3) is 6.04 Å². The van der Waals surface area contributed by atoms with Gasteiger partial charge in [-0.3, -0.25) is 14.9 Å². The Labute approximate surface area is 154 Å². The zero-order valence-corrected chi connectivity index (χ0v) is 14.5. The number of rotatable bonds is 3. The van der Waals surface area contributed by atoms with Crippen LogP contribution in [0.4, 0.5) is 0 Å². The lowest BCUT2D eigenvalue weighted by Crippen LogP contribution is -2.43. The van der Waals surface area contributed by atoms with E-state index in [0.717, 1.165) is 0 Å². The summed E-state index contributed by atoms with van der Waals surface area (Å²) >= 11 is 0. The number of aromatic amines is 1. The fraction of sp³-hybridized carbons (Fsp3) is 0.250. The van der Waals surface area contributed by atoms with Crippen molar-refractivity contribution in [3.05, 3.63) is 81.5 Å². The molecule has 1 aliphatic rings. The minimum atomic E-state index is -1.37. The van der Waals surface area contributed by atoms with Gasteiger partial charge in [-0.15, -0.1) is 0 Å². The van der Waals surface area contributed by atoms with E-state index in [1.165, 1.54) is 7.11 Å². The topological polar surface area (TPSA) is 105 Å². The molecule has 2 aromatic carbocycles. The first-order chi connectivity index (χ1) is 13.0. The van der Waals surface area contributed by atoms with Crippen LogP contribution in [-0.4, -0.2) is 34.1 Å². The van der Waals surface area contributed by atoms with Gasteiger partial charge in [0.1, 0.15) is 12.0 Å². The number of para-hydroxylation sites is 1. The first kappa shape index (κ1) is 17.2. The number of aliphatic hydroxyl groups excluding tert-OH is 1. The minimum absolute atomic E-state index is 0.398. The Balaban J connectivity index is 2.03. The molecule has 0 amide bonds. The third-order valence-electron chi connectivity index (χ3n) is 5.32. The quantitative estimate of drug-likeness (QED) is 0.421. The van der Waals surface area contributed by atoms with Crippen LogP contribution in [0.25, 0.3) is 10.9 Å². The van der Waals surface area contributed by atoms with Gasteiger partial charge < -0.3 is 14.8 Å². The van der Waals surface area contributed by atoms with Gasteiger partial charge in [0.15, 0.2) is 0 Å². The molecular formula is C20H18N2O5. The molecule has 4 rings (SSSR count). The summed E-state index contributed by atoms with van der Waals surface area (Å²) in [6.45, 7) is 0. The van der Waals surface area contributed by atoms with Crippen molar-refractivity contribution in [1.82, 2.24) is 4.98 Å². The zero-order chi connectivity index (χ0) is 19.1. The third kappa shape index (κ3) is 2.59. The lowest BCUT2D eigenvalue weighted by Gasteiger charge is -2.35. The summed E-state index contributed by atoms with van der Waals surface area (Å²) in [5.74, 6) is -2.35. The number of hydrogen-bond donors (Lipinski definition) is 2. The van der Waals surface area contributed by atoms with E-state index in [4.69, 9.17) is 4.74 Å². The van der Waals surface area contributed by atoms with E-state index in [1.807, 2.05) is 12.1 Å². The molecule has 27 heavy (non-hydrogen) atoms. The Hall–Kier alpha value is -3.19. The molecule has 0 aliphatic heterocycles. The highest BCUT2D eigenvalue weighted by Gasteiger charge is 2.54. The summed E-state index contributed by atoms with van der Waals surface area (Å²) in [6, 6.07) is 14.6. The second kappa shape index (κ2) is 6.51. The normalized spacial score (nSPS) is 24.4. The molecule has 138 valence electrons. The first-order valence-electron chi connectivity index (χ1n) is 8.59. The lowest BCUT2D eigenvalue weighted by atomic mass is 9.70. The molecule has 0 saturated heterocycles. The monoisotopic (exact) mass is 366 g/mol. The molecule has 1 heterocycles. The van der Waals surface area contributed by atoms with Crippen molar-refractivity contribution in [3.63, 3.8) is 0 Å². The Bertz CT molecular complexity index is 1010. The van der Waals surface area contributed by atoms with Crippen molar-refractivity contribution >= 4 is 16.9 Å². The number of aliphatic hydroxyl groups is 1. The van der Waals surface area contributed by atoms with Crippen LogP contribution in [0.5, 0.6) is 0 Å². The van der Waals surface area contributed by atoms with Crippen LogP contribution >= 0.6 is 0 Å². The van der Waals surface area contributed by atoms with Crippen molar-refractivity contribution in [2.24, 2.45) is 0 Å². The van der Waals surface area contributed by atoms with E-state index in [0.29, 0.717) is 27.7 Å². The average Bonchev–Trinajstić information content (AvgIpc) is 3.07. The summed E-state index contributed by atoms with van der Waals surface area (Å²) in [7, 11) is 1.26. The highest BCUT2D eigenvalue weighted by molar-refractivity contribution is 5.90. The molecule has 7 nitrogen and oxygen atoms in total.